The van der Waals surface area contributed by atoms with E-state index < -0.39 is 5.92 Å². The third kappa shape index (κ3) is 4.53. The fourth-order valence-electron chi connectivity index (χ4n) is 3.74. The summed E-state index contributed by atoms with van der Waals surface area (Å²) < 4.78 is 1.72. The predicted octanol–water partition coefficient (Wildman–Crippen LogP) is 4.13. The maximum Gasteiger partial charge on any atom is 0.270 e. The third-order valence-corrected chi connectivity index (χ3v) is 5.75. The number of benzene rings is 2. The van der Waals surface area contributed by atoms with E-state index in [1.54, 1.807) is 58.1 Å². The number of hydrogen-bond acceptors (Lipinski definition) is 3. The molecular formula is C24H23ClN4O3. The van der Waals surface area contributed by atoms with Crippen molar-refractivity contribution >= 4 is 40.7 Å². The Morgan fingerprint density at radius 3 is 2.34 bits per heavy atom. The molecule has 1 fully saturated rings. The van der Waals surface area contributed by atoms with E-state index >= 15 is 0 Å². The van der Waals surface area contributed by atoms with Gasteiger partial charge in [0.25, 0.3) is 5.91 Å². The van der Waals surface area contributed by atoms with E-state index in [4.69, 9.17) is 11.6 Å². The molecule has 3 amide bonds. The lowest BCUT2D eigenvalue weighted by atomic mass is 10.1. The highest BCUT2D eigenvalue weighted by Gasteiger charge is 2.35. The van der Waals surface area contributed by atoms with Crippen molar-refractivity contribution in [3.63, 3.8) is 0 Å². The molecule has 2 heterocycles. The number of hydrogen-bond donors (Lipinski definition) is 2. The minimum absolute atomic E-state index is 0.116. The highest BCUT2D eigenvalue weighted by Crippen LogP contribution is 2.28. The molecule has 8 heteroatoms. The zero-order valence-electron chi connectivity index (χ0n) is 17.8. The van der Waals surface area contributed by atoms with Gasteiger partial charge in [0, 0.05) is 46.3 Å². The smallest absolute Gasteiger partial charge is 0.270 e. The summed E-state index contributed by atoms with van der Waals surface area (Å²) in [5.74, 6) is -1.07. The highest BCUT2D eigenvalue weighted by atomic mass is 35.5. The van der Waals surface area contributed by atoms with E-state index in [9.17, 15) is 14.4 Å². The number of anilines is 2. The average Bonchev–Trinajstić information content (AvgIpc) is 3.31. The number of nitrogens with one attached hydrogen (secondary N) is 2. The Hall–Kier alpha value is -3.58. The molecule has 3 aromatic rings. The molecule has 0 bridgehead atoms. The quantitative estimate of drug-likeness (QED) is 0.613. The van der Waals surface area contributed by atoms with Crippen LogP contribution in [0.1, 0.15) is 28.2 Å². The van der Waals surface area contributed by atoms with E-state index in [1.165, 1.54) is 0 Å². The molecule has 0 saturated carbocycles. The van der Waals surface area contributed by atoms with Crippen molar-refractivity contribution in [2.75, 3.05) is 22.2 Å². The van der Waals surface area contributed by atoms with Crippen LogP contribution in [0.4, 0.5) is 11.4 Å². The van der Waals surface area contributed by atoms with Gasteiger partial charge in [-0.15, -0.1) is 0 Å². The number of carbonyl (C=O) groups excluding carboxylic acids is 3. The first-order valence-electron chi connectivity index (χ1n) is 10.2. The van der Waals surface area contributed by atoms with Gasteiger partial charge in [0.2, 0.25) is 11.8 Å². The number of nitrogens with zero attached hydrogens (tertiary/aromatic N) is 2. The lowest BCUT2D eigenvalue weighted by Gasteiger charge is -2.17. The van der Waals surface area contributed by atoms with Crippen molar-refractivity contribution in [2.24, 2.45) is 5.92 Å². The largest absolute Gasteiger partial charge is 0.326 e. The van der Waals surface area contributed by atoms with E-state index in [-0.39, 0.29) is 24.1 Å². The molecule has 32 heavy (non-hydrogen) atoms. The average molecular weight is 451 g/mol. The lowest BCUT2D eigenvalue weighted by molar-refractivity contribution is -0.122. The number of halogens is 1. The van der Waals surface area contributed by atoms with Gasteiger partial charge in [0.1, 0.15) is 0 Å². The number of carbonyl (C=O) groups is 3. The molecule has 2 N–H and O–H groups in total. The summed E-state index contributed by atoms with van der Waals surface area (Å²) in [7, 11) is 0. The minimum atomic E-state index is -0.468. The second-order valence-corrected chi connectivity index (χ2v) is 8.28. The first-order chi connectivity index (χ1) is 15.3. The standard InChI is InChI=1S/C24H23ClN4O3/c1-15-6-7-16(2)29(15)27-24(32)17-8-10-20(11-9-17)26-23(31)18-12-22(30)28(14-18)21-5-3-4-19(25)13-21/h3-11,13,18H,12,14H2,1-2H3,(H,26,31)(H,27,32)/t18-/m0/s1. The summed E-state index contributed by atoms with van der Waals surface area (Å²) in [6.07, 6.45) is 0.133. The first-order valence-corrected chi connectivity index (χ1v) is 10.6. The van der Waals surface area contributed by atoms with Crippen LogP contribution in [0.5, 0.6) is 0 Å². The molecule has 0 aliphatic carbocycles. The fourth-order valence-corrected chi connectivity index (χ4v) is 3.92. The van der Waals surface area contributed by atoms with Crippen LogP contribution >= 0.6 is 11.6 Å². The molecule has 1 aliphatic heterocycles. The van der Waals surface area contributed by atoms with Crippen LogP contribution in [0.3, 0.4) is 0 Å². The van der Waals surface area contributed by atoms with E-state index in [0.717, 1.165) is 11.4 Å². The summed E-state index contributed by atoms with van der Waals surface area (Å²) in [4.78, 5) is 39.2. The summed E-state index contributed by atoms with van der Waals surface area (Å²) in [5.41, 5.74) is 6.42. The van der Waals surface area contributed by atoms with Crippen LogP contribution in [-0.2, 0) is 9.59 Å². The highest BCUT2D eigenvalue weighted by molar-refractivity contribution is 6.31. The van der Waals surface area contributed by atoms with E-state index in [0.29, 0.717) is 28.5 Å². The minimum Gasteiger partial charge on any atom is -0.326 e. The van der Waals surface area contributed by atoms with Crippen molar-refractivity contribution in [2.45, 2.75) is 20.3 Å². The summed E-state index contributed by atoms with van der Waals surface area (Å²) in [6.45, 7) is 4.11. The Labute approximate surface area is 190 Å². The van der Waals surface area contributed by atoms with Gasteiger partial charge in [0.15, 0.2) is 0 Å². The Bertz CT molecular complexity index is 1170. The lowest BCUT2D eigenvalue weighted by Crippen LogP contribution is -2.28. The molecule has 0 unspecified atom stereocenters. The summed E-state index contributed by atoms with van der Waals surface area (Å²) in [6, 6.07) is 17.5. The Balaban J connectivity index is 1.38. The second kappa shape index (κ2) is 8.88. The van der Waals surface area contributed by atoms with Crippen LogP contribution < -0.4 is 15.6 Å². The zero-order valence-corrected chi connectivity index (χ0v) is 18.5. The molecular weight excluding hydrogens is 428 g/mol. The van der Waals surface area contributed by atoms with Crippen LogP contribution in [0.25, 0.3) is 0 Å². The maximum absolute atomic E-state index is 12.7. The Kier molecular flexibility index (Phi) is 6.01. The molecule has 0 spiro atoms. The molecule has 4 rings (SSSR count). The SMILES string of the molecule is Cc1ccc(C)n1NC(=O)c1ccc(NC(=O)[C@H]2CC(=O)N(c3cccc(Cl)c3)C2)cc1. The Morgan fingerprint density at radius 2 is 1.69 bits per heavy atom. The molecule has 1 aliphatic rings. The van der Waals surface area contributed by atoms with Gasteiger partial charge in [-0.05, 0) is 68.4 Å². The van der Waals surface area contributed by atoms with Crippen LogP contribution in [0.2, 0.25) is 5.02 Å². The fraction of sp³-hybridized carbons (Fsp3) is 0.208. The van der Waals surface area contributed by atoms with Gasteiger partial charge in [0.05, 0.1) is 5.92 Å². The molecule has 1 atom stereocenters. The Morgan fingerprint density at radius 1 is 1.00 bits per heavy atom. The molecule has 0 radical (unpaired) electrons. The van der Waals surface area contributed by atoms with Gasteiger partial charge in [-0.25, -0.2) is 0 Å². The monoisotopic (exact) mass is 450 g/mol. The molecule has 7 nitrogen and oxygen atoms in total. The third-order valence-electron chi connectivity index (χ3n) is 5.51. The summed E-state index contributed by atoms with van der Waals surface area (Å²) in [5, 5.41) is 3.37. The molecule has 1 aromatic heterocycles. The maximum atomic E-state index is 12.7. The van der Waals surface area contributed by atoms with Crippen LogP contribution in [0.15, 0.2) is 60.7 Å². The first kappa shape index (κ1) is 21.6. The van der Waals surface area contributed by atoms with Gasteiger partial charge >= 0.3 is 0 Å². The van der Waals surface area contributed by atoms with Gasteiger partial charge < -0.3 is 10.2 Å². The van der Waals surface area contributed by atoms with Gasteiger partial charge in [-0.3, -0.25) is 24.5 Å². The topological polar surface area (TPSA) is 83.4 Å². The van der Waals surface area contributed by atoms with Crippen LogP contribution in [-0.4, -0.2) is 28.9 Å². The predicted molar refractivity (Wildman–Crippen MR) is 125 cm³/mol. The van der Waals surface area contributed by atoms with Crippen molar-refractivity contribution in [1.82, 2.24) is 4.68 Å². The van der Waals surface area contributed by atoms with Crippen molar-refractivity contribution in [3.8, 4) is 0 Å². The normalized spacial score (nSPS) is 15.7. The zero-order chi connectivity index (χ0) is 22.8. The number of aromatic nitrogens is 1. The second-order valence-electron chi connectivity index (χ2n) is 7.84. The number of aryl methyl sites for hydroxylation is 2. The van der Waals surface area contributed by atoms with E-state index in [2.05, 4.69) is 10.7 Å². The number of rotatable bonds is 5. The van der Waals surface area contributed by atoms with Crippen molar-refractivity contribution < 1.29 is 14.4 Å². The van der Waals surface area contributed by atoms with Crippen LogP contribution in [0, 0.1) is 19.8 Å². The van der Waals surface area contributed by atoms with Gasteiger partial charge in [-0.1, -0.05) is 17.7 Å². The van der Waals surface area contributed by atoms with Gasteiger partial charge in [-0.2, -0.15) is 0 Å². The molecule has 1 saturated heterocycles. The summed E-state index contributed by atoms with van der Waals surface area (Å²) >= 11 is 6.02. The van der Waals surface area contributed by atoms with Crippen molar-refractivity contribution in [1.29, 1.82) is 0 Å². The number of amides is 3. The van der Waals surface area contributed by atoms with E-state index in [1.807, 2.05) is 26.0 Å². The van der Waals surface area contributed by atoms with Crippen molar-refractivity contribution in [3.05, 3.63) is 82.6 Å². The molecule has 2 aromatic carbocycles. The molecule has 164 valence electrons.